The van der Waals surface area contributed by atoms with E-state index in [0.29, 0.717) is 5.02 Å². The molecule has 0 aliphatic heterocycles. The summed E-state index contributed by atoms with van der Waals surface area (Å²) < 4.78 is 0. The Balaban J connectivity index is 2.20. The maximum atomic E-state index is 9.29. The largest absolute Gasteiger partial charge is 0.506 e. The van der Waals surface area contributed by atoms with Crippen LogP contribution in [-0.4, -0.2) is 5.11 Å². The molecule has 2 nitrogen and oxygen atoms in total. The normalized spacial score (nSPS) is 10.3. The summed E-state index contributed by atoms with van der Waals surface area (Å²) in [6, 6.07) is 12.7. The van der Waals surface area contributed by atoms with Crippen molar-refractivity contribution in [3.63, 3.8) is 0 Å². The Hall–Kier alpha value is -1.32. The number of nitrogen functional groups attached to an aromatic ring is 1. The van der Waals surface area contributed by atoms with Gasteiger partial charge in [0.1, 0.15) is 5.75 Å². The number of anilines is 1. The van der Waals surface area contributed by atoms with Crippen LogP contribution in [0.2, 0.25) is 5.02 Å². The molecule has 3 N–H and O–H groups in total. The van der Waals surface area contributed by atoms with Gasteiger partial charge in [-0.1, -0.05) is 23.4 Å². The summed E-state index contributed by atoms with van der Waals surface area (Å²) in [6.45, 7) is 0. The fourth-order valence-electron chi connectivity index (χ4n) is 1.22. The van der Waals surface area contributed by atoms with E-state index in [2.05, 4.69) is 0 Å². The van der Waals surface area contributed by atoms with Crippen molar-refractivity contribution in [2.45, 2.75) is 9.79 Å². The van der Waals surface area contributed by atoms with Crippen LogP contribution < -0.4 is 5.73 Å². The van der Waals surface area contributed by atoms with E-state index in [0.717, 1.165) is 15.5 Å². The number of rotatable bonds is 2. The van der Waals surface area contributed by atoms with Crippen LogP contribution in [0.3, 0.4) is 0 Å². The summed E-state index contributed by atoms with van der Waals surface area (Å²) in [5, 5.41) is 9.65. The lowest BCUT2D eigenvalue weighted by Gasteiger charge is -2.03. The first-order valence-corrected chi connectivity index (χ1v) is 5.86. The molecule has 2 aromatic rings. The summed E-state index contributed by atoms with van der Waals surface area (Å²) >= 11 is 7.39. The maximum Gasteiger partial charge on any atom is 0.134 e. The number of phenolic OH excluding ortho intramolecular Hbond substituents is 1. The van der Waals surface area contributed by atoms with E-state index in [1.54, 1.807) is 23.9 Å². The van der Waals surface area contributed by atoms with Gasteiger partial charge in [0.05, 0.1) is 5.02 Å². The first-order chi connectivity index (χ1) is 7.65. The molecule has 0 atom stereocenters. The predicted octanol–water partition coefficient (Wildman–Crippen LogP) is 3.78. The quantitative estimate of drug-likeness (QED) is 0.799. The van der Waals surface area contributed by atoms with Crippen molar-refractivity contribution < 1.29 is 5.11 Å². The van der Waals surface area contributed by atoms with Gasteiger partial charge in [0.2, 0.25) is 0 Å². The molecule has 0 radical (unpaired) electrons. The van der Waals surface area contributed by atoms with Crippen molar-refractivity contribution in [2.24, 2.45) is 0 Å². The number of hydrogen-bond donors (Lipinski definition) is 2. The number of benzene rings is 2. The van der Waals surface area contributed by atoms with Crippen LogP contribution in [0.25, 0.3) is 0 Å². The van der Waals surface area contributed by atoms with Gasteiger partial charge in [-0.05, 0) is 42.5 Å². The second-order valence-corrected chi connectivity index (χ2v) is 4.84. The standard InChI is InChI=1S/C12H10ClNOS/c13-11-7-10(5-6-12(11)15)16-9-3-1-8(14)2-4-9/h1-7,15H,14H2. The third kappa shape index (κ3) is 2.62. The number of nitrogens with two attached hydrogens (primary N) is 1. The van der Waals surface area contributed by atoms with E-state index in [-0.39, 0.29) is 5.75 Å². The van der Waals surface area contributed by atoms with Crippen molar-refractivity contribution in [3.8, 4) is 5.75 Å². The molecule has 4 heteroatoms. The number of hydrogen-bond acceptors (Lipinski definition) is 3. The molecule has 0 spiro atoms. The first-order valence-electron chi connectivity index (χ1n) is 4.67. The van der Waals surface area contributed by atoms with Crippen LogP contribution in [-0.2, 0) is 0 Å². The van der Waals surface area contributed by atoms with Gasteiger partial charge >= 0.3 is 0 Å². The lowest BCUT2D eigenvalue weighted by Crippen LogP contribution is -1.82. The zero-order chi connectivity index (χ0) is 11.5. The number of phenols is 1. The molecular weight excluding hydrogens is 242 g/mol. The van der Waals surface area contributed by atoms with Crippen LogP contribution in [0.1, 0.15) is 0 Å². The predicted molar refractivity (Wildman–Crippen MR) is 68.1 cm³/mol. The van der Waals surface area contributed by atoms with E-state index in [4.69, 9.17) is 17.3 Å². The SMILES string of the molecule is Nc1ccc(Sc2ccc(O)c(Cl)c2)cc1. The van der Waals surface area contributed by atoms with Gasteiger partial charge in [0.25, 0.3) is 0 Å². The Labute approximate surface area is 103 Å². The van der Waals surface area contributed by atoms with Crippen LogP contribution in [0.15, 0.2) is 52.3 Å². The van der Waals surface area contributed by atoms with Crippen molar-refractivity contribution in [1.29, 1.82) is 0 Å². The van der Waals surface area contributed by atoms with Gasteiger partial charge in [-0.25, -0.2) is 0 Å². The van der Waals surface area contributed by atoms with E-state index < -0.39 is 0 Å². The zero-order valence-electron chi connectivity index (χ0n) is 8.35. The van der Waals surface area contributed by atoms with Crippen molar-refractivity contribution >= 4 is 29.1 Å². The molecule has 0 aromatic heterocycles. The molecule has 0 aliphatic carbocycles. The molecule has 0 amide bonds. The molecule has 0 saturated carbocycles. The summed E-state index contributed by atoms with van der Waals surface area (Å²) in [4.78, 5) is 2.06. The van der Waals surface area contributed by atoms with Crippen LogP contribution in [0, 0.1) is 0 Å². The van der Waals surface area contributed by atoms with E-state index in [1.165, 1.54) is 0 Å². The van der Waals surface area contributed by atoms with Gasteiger partial charge in [-0.2, -0.15) is 0 Å². The fraction of sp³-hybridized carbons (Fsp3) is 0. The molecule has 0 unspecified atom stereocenters. The van der Waals surface area contributed by atoms with E-state index >= 15 is 0 Å². The first kappa shape index (κ1) is 11.2. The van der Waals surface area contributed by atoms with Gasteiger partial charge in [0.15, 0.2) is 0 Å². The minimum absolute atomic E-state index is 0.100. The number of halogens is 1. The topological polar surface area (TPSA) is 46.2 Å². The van der Waals surface area contributed by atoms with Crippen LogP contribution in [0.4, 0.5) is 5.69 Å². The molecule has 82 valence electrons. The van der Waals surface area contributed by atoms with Crippen LogP contribution in [0.5, 0.6) is 5.75 Å². The van der Waals surface area contributed by atoms with E-state index in [1.807, 2.05) is 30.3 Å². The van der Waals surface area contributed by atoms with Crippen molar-refractivity contribution in [2.75, 3.05) is 5.73 Å². The Morgan fingerprint density at radius 1 is 1.00 bits per heavy atom. The molecule has 0 aliphatic rings. The highest BCUT2D eigenvalue weighted by Gasteiger charge is 2.01. The molecule has 0 heterocycles. The van der Waals surface area contributed by atoms with Gasteiger partial charge in [0, 0.05) is 15.5 Å². The second-order valence-electron chi connectivity index (χ2n) is 3.28. The molecule has 2 aromatic carbocycles. The Morgan fingerprint density at radius 2 is 1.62 bits per heavy atom. The summed E-state index contributed by atoms with van der Waals surface area (Å²) in [6.07, 6.45) is 0. The fourth-order valence-corrected chi connectivity index (χ4v) is 2.33. The summed E-state index contributed by atoms with van der Waals surface area (Å²) in [7, 11) is 0. The maximum absolute atomic E-state index is 9.29. The lowest BCUT2D eigenvalue weighted by atomic mass is 10.3. The monoisotopic (exact) mass is 251 g/mol. The molecule has 2 rings (SSSR count). The zero-order valence-corrected chi connectivity index (χ0v) is 9.92. The summed E-state index contributed by atoms with van der Waals surface area (Å²) in [5.74, 6) is 0.100. The molecule has 16 heavy (non-hydrogen) atoms. The smallest absolute Gasteiger partial charge is 0.134 e. The van der Waals surface area contributed by atoms with Gasteiger partial charge in [-0.15, -0.1) is 0 Å². The van der Waals surface area contributed by atoms with E-state index in [9.17, 15) is 5.11 Å². The number of aromatic hydroxyl groups is 1. The highest BCUT2D eigenvalue weighted by molar-refractivity contribution is 7.99. The highest BCUT2D eigenvalue weighted by Crippen LogP contribution is 2.33. The molecule has 0 fully saturated rings. The van der Waals surface area contributed by atoms with Gasteiger partial charge in [-0.3, -0.25) is 0 Å². The Morgan fingerprint density at radius 3 is 2.25 bits per heavy atom. The van der Waals surface area contributed by atoms with Crippen LogP contribution >= 0.6 is 23.4 Å². The van der Waals surface area contributed by atoms with Gasteiger partial charge < -0.3 is 10.8 Å². The molecular formula is C12H10ClNOS. The molecule has 0 saturated heterocycles. The Kier molecular flexibility index (Phi) is 3.27. The molecule has 0 bridgehead atoms. The third-order valence-electron chi connectivity index (χ3n) is 2.03. The second kappa shape index (κ2) is 4.68. The lowest BCUT2D eigenvalue weighted by molar-refractivity contribution is 0.475. The average molecular weight is 252 g/mol. The summed E-state index contributed by atoms with van der Waals surface area (Å²) in [5.41, 5.74) is 6.34. The highest BCUT2D eigenvalue weighted by atomic mass is 35.5. The van der Waals surface area contributed by atoms with Crippen molar-refractivity contribution in [1.82, 2.24) is 0 Å². The average Bonchev–Trinajstić information content (AvgIpc) is 2.27. The minimum atomic E-state index is 0.100. The van der Waals surface area contributed by atoms with Crippen molar-refractivity contribution in [3.05, 3.63) is 47.5 Å². The minimum Gasteiger partial charge on any atom is -0.506 e. The Bertz CT molecular complexity index is 499. The third-order valence-corrected chi connectivity index (χ3v) is 3.34.